The van der Waals surface area contributed by atoms with E-state index >= 15 is 0 Å². The molecule has 0 radical (unpaired) electrons. The molecule has 2 heterocycles. The van der Waals surface area contributed by atoms with Crippen molar-refractivity contribution in [1.82, 2.24) is 19.4 Å². The van der Waals surface area contributed by atoms with Crippen LogP contribution in [-0.4, -0.2) is 58.6 Å². The minimum absolute atomic E-state index is 1.02. The molecule has 1 aromatic heterocycles. The van der Waals surface area contributed by atoms with Gasteiger partial charge in [-0.3, -0.25) is 0 Å². The SMILES string of the molecule is Cn1c(CCN2CCN(CCc3ccccc3)CC2)nc2ccccc21. The Bertz CT molecular complexity index is 832. The van der Waals surface area contributed by atoms with Crippen molar-refractivity contribution >= 4 is 11.0 Å². The zero-order valence-corrected chi connectivity index (χ0v) is 15.6. The molecule has 0 spiro atoms. The number of fused-ring (bicyclic) bond motifs is 1. The predicted octanol–water partition coefficient (Wildman–Crippen LogP) is 2.98. The Labute approximate surface area is 156 Å². The van der Waals surface area contributed by atoms with Gasteiger partial charge in [-0.25, -0.2) is 4.98 Å². The summed E-state index contributed by atoms with van der Waals surface area (Å²) < 4.78 is 2.24. The average Bonchev–Trinajstić information content (AvgIpc) is 3.02. The molecule has 0 saturated carbocycles. The minimum Gasteiger partial charge on any atom is -0.331 e. The van der Waals surface area contributed by atoms with Crippen molar-refractivity contribution in [2.24, 2.45) is 7.05 Å². The third kappa shape index (κ3) is 3.97. The third-order valence-electron chi connectivity index (χ3n) is 5.56. The summed E-state index contributed by atoms with van der Waals surface area (Å²) in [6.07, 6.45) is 2.18. The summed E-state index contributed by atoms with van der Waals surface area (Å²) in [4.78, 5) is 9.98. The summed E-state index contributed by atoms with van der Waals surface area (Å²) in [6.45, 7) is 6.95. The molecular formula is C22H28N4. The molecule has 1 fully saturated rings. The fraction of sp³-hybridized carbons (Fsp3) is 0.409. The highest BCUT2D eigenvalue weighted by Gasteiger charge is 2.17. The van der Waals surface area contributed by atoms with Crippen molar-refractivity contribution in [2.45, 2.75) is 12.8 Å². The van der Waals surface area contributed by atoms with Crippen LogP contribution in [0.15, 0.2) is 54.6 Å². The molecule has 0 bridgehead atoms. The molecule has 1 aliphatic rings. The van der Waals surface area contributed by atoms with Crippen LogP contribution in [-0.2, 0) is 19.9 Å². The van der Waals surface area contributed by atoms with Crippen LogP contribution in [0.5, 0.6) is 0 Å². The Hall–Kier alpha value is -2.17. The standard InChI is InChI=1S/C22H28N4/c1-24-21-10-6-5-9-20(21)23-22(24)12-14-26-17-15-25(16-18-26)13-11-19-7-3-2-4-8-19/h2-10H,11-18H2,1H3. The van der Waals surface area contributed by atoms with Gasteiger partial charge in [-0.1, -0.05) is 42.5 Å². The Morgan fingerprint density at radius 3 is 2.08 bits per heavy atom. The van der Waals surface area contributed by atoms with E-state index in [4.69, 9.17) is 4.98 Å². The van der Waals surface area contributed by atoms with E-state index in [0.717, 1.165) is 24.9 Å². The number of hydrogen-bond donors (Lipinski definition) is 0. The van der Waals surface area contributed by atoms with Crippen molar-refractivity contribution in [2.75, 3.05) is 39.3 Å². The molecule has 0 atom stereocenters. The van der Waals surface area contributed by atoms with Crippen LogP contribution < -0.4 is 0 Å². The molecule has 4 nitrogen and oxygen atoms in total. The highest BCUT2D eigenvalue weighted by Crippen LogP contribution is 2.15. The van der Waals surface area contributed by atoms with Gasteiger partial charge >= 0.3 is 0 Å². The number of para-hydroxylation sites is 2. The maximum Gasteiger partial charge on any atom is 0.110 e. The predicted molar refractivity (Wildman–Crippen MR) is 107 cm³/mol. The van der Waals surface area contributed by atoms with Gasteiger partial charge in [-0.15, -0.1) is 0 Å². The number of nitrogens with zero attached hydrogens (tertiary/aromatic N) is 4. The van der Waals surface area contributed by atoms with Crippen molar-refractivity contribution < 1.29 is 0 Å². The smallest absolute Gasteiger partial charge is 0.110 e. The molecule has 3 aromatic rings. The second-order valence-electron chi connectivity index (χ2n) is 7.24. The van der Waals surface area contributed by atoms with Crippen LogP contribution in [0.2, 0.25) is 0 Å². The molecule has 4 rings (SSSR count). The summed E-state index contributed by atoms with van der Waals surface area (Å²) in [6, 6.07) is 19.2. The molecule has 0 unspecified atom stereocenters. The fourth-order valence-corrected chi connectivity index (χ4v) is 3.85. The van der Waals surface area contributed by atoms with Gasteiger partial charge in [0.25, 0.3) is 0 Å². The van der Waals surface area contributed by atoms with E-state index in [9.17, 15) is 0 Å². The lowest BCUT2D eigenvalue weighted by molar-refractivity contribution is 0.134. The molecule has 136 valence electrons. The lowest BCUT2D eigenvalue weighted by Crippen LogP contribution is -2.47. The van der Waals surface area contributed by atoms with Crippen LogP contribution in [0.3, 0.4) is 0 Å². The monoisotopic (exact) mass is 348 g/mol. The quantitative estimate of drug-likeness (QED) is 0.684. The van der Waals surface area contributed by atoms with Crippen LogP contribution in [0, 0.1) is 0 Å². The molecule has 2 aromatic carbocycles. The van der Waals surface area contributed by atoms with E-state index in [1.54, 1.807) is 0 Å². The topological polar surface area (TPSA) is 24.3 Å². The minimum atomic E-state index is 1.02. The number of aryl methyl sites for hydroxylation is 1. The van der Waals surface area contributed by atoms with Gasteiger partial charge in [-0.05, 0) is 24.1 Å². The lowest BCUT2D eigenvalue weighted by atomic mass is 10.1. The maximum absolute atomic E-state index is 4.80. The van der Waals surface area contributed by atoms with Gasteiger partial charge < -0.3 is 14.4 Å². The van der Waals surface area contributed by atoms with Gasteiger partial charge in [-0.2, -0.15) is 0 Å². The molecule has 1 saturated heterocycles. The number of aromatic nitrogens is 2. The normalized spacial score (nSPS) is 16.3. The number of hydrogen-bond acceptors (Lipinski definition) is 3. The summed E-state index contributed by atoms with van der Waals surface area (Å²) in [5.41, 5.74) is 3.78. The molecule has 1 aliphatic heterocycles. The Balaban J connectivity index is 1.24. The number of imidazole rings is 1. The largest absolute Gasteiger partial charge is 0.331 e. The lowest BCUT2D eigenvalue weighted by Gasteiger charge is -2.34. The van der Waals surface area contributed by atoms with Crippen molar-refractivity contribution in [3.05, 3.63) is 66.0 Å². The zero-order valence-electron chi connectivity index (χ0n) is 15.6. The van der Waals surface area contributed by atoms with Crippen molar-refractivity contribution in [1.29, 1.82) is 0 Å². The number of piperazine rings is 1. The summed E-state index contributed by atoms with van der Waals surface area (Å²) >= 11 is 0. The van der Waals surface area contributed by atoms with E-state index in [-0.39, 0.29) is 0 Å². The third-order valence-corrected chi connectivity index (χ3v) is 5.56. The van der Waals surface area contributed by atoms with E-state index in [1.807, 2.05) is 0 Å². The molecule has 0 N–H and O–H groups in total. The first-order valence-electron chi connectivity index (χ1n) is 9.68. The van der Waals surface area contributed by atoms with Gasteiger partial charge in [0.15, 0.2) is 0 Å². The van der Waals surface area contributed by atoms with E-state index < -0.39 is 0 Å². The van der Waals surface area contributed by atoms with Gasteiger partial charge in [0, 0.05) is 52.7 Å². The molecule has 4 heteroatoms. The molecular weight excluding hydrogens is 320 g/mol. The first-order valence-corrected chi connectivity index (χ1v) is 9.68. The first-order chi connectivity index (χ1) is 12.8. The number of rotatable bonds is 6. The van der Waals surface area contributed by atoms with Crippen LogP contribution in [0.4, 0.5) is 0 Å². The highest BCUT2D eigenvalue weighted by atomic mass is 15.3. The highest BCUT2D eigenvalue weighted by molar-refractivity contribution is 5.75. The zero-order chi connectivity index (χ0) is 17.8. The fourth-order valence-electron chi connectivity index (χ4n) is 3.85. The van der Waals surface area contributed by atoms with Crippen molar-refractivity contribution in [3.63, 3.8) is 0 Å². The summed E-state index contributed by atoms with van der Waals surface area (Å²) in [7, 11) is 2.13. The Kier molecular flexibility index (Phi) is 5.32. The average molecular weight is 348 g/mol. The Morgan fingerprint density at radius 2 is 1.38 bits per heavy atom. The molecule has 0 aliphatic carbocycles. The maximum atomic E-state index is 4.80. The summed E-state index contributed by atoms with van der Waals surface area (Å²) in [5.74, 6) is 1.19. The summed E-state index contributed by atoms with van der Waals surface area (Å²) in [5, 5.41) is 0. The van der Waals surface area contributed by atoms with Gasteiger partial charge in [0.2, 0.25) is 0 Å². The Morgan fingerprint density at radius 1 is 0.769 bits per heavy atom. The van der Waals surface area contributed by atoms with Gasteiger partial charge in [0.05, 0.1) is 11.0 Å². The van der Waals surface area contributed by atoms with Crippen LogP contribution in [0.1, 0.15) is 11.4 Å². The second-order valence-corrected chi connectivity index (χ2v) is 7.24. The van der Waals surface area contributed by atoms with E-state index in [0.29, 0.717) is 0 Å². The molecule has 0 amide bonds. The van der Waals surface area contributed by atoms with E-state index in [1.165, 1.54) is 49.6 Å². The van der Waals surface area contributed by atoms with Gasteiger partial charge in [0.1, 0.15) is 5.82 Å². The van der Waals surface area contributed by atoms with Crippen molar-refractivity contribution in [3.8, 4) is 0 Å². The first kappa shape index (κ1) is 17.3. The molecule has 26 heavy (non-hydrogen) atoms. The number of benzene rings is 2. The van der Waals surface area contributed by atoms with Crippen LogP contribution >= 0.6 is 0 Å². The van der Waals surface area contributed by atoms with E-state index in [2.05, 4.69) is 76.0 Å². The van der Waals surface area contributed by atoms with Crippen LogP contribution in [0.25, 0.3) is 11.0 Å². The second kappa shape index (κ2) is 8.02.